The Hall–Kier alpha value is -6.00. The summed E-state index contributed by atoms with van der Waals surface area (Å²) in [5, 5.41) is 0. The van der Waals surface area contributed by atoms with Gasteiger partial charge in [-0.25, -0.2) is 0 Å². The number of hydrogen-bond acceptors (Lipinski definition) is 3. The van der Waals surface area contributed by atoms with Gasteiger partial charge in [-0.3, -0.25) is 0 Å². The van der Waals surface area contributed by atoms with E-state index in [4.69, 9.17) is 4.74 Å². The van der Waals surface area contributed by atoms with E-state index in [0.29, 0.717) is 0 Å². The molecule has 3 aliphatic heterocycles. The lowest BCUT2D eigenvalue weighted by molar-refractivity contribution is 0.470. The first-order valence-electron chi connectivity index (χ1n) is 24.2. The number of anilines is 5. The normalized spacial score (nSPS) is 16.6. The van der Waals surface area contributed by atoms with Gasteiger partial charge in [0.05, 0.1) is 11.4 Å². The molecule has 0 N–H and O–H groups in total. The van der Waals surface area contributed by atoms with Crippen LogP contribution in [0.15, 0.2) is 133 Å². The third kappa shape index (κ3) is 6.30. The number of benzene rings is 7. The van der Waals surface area contributed by atoms with Gasteiger partial charge in [0, 0.05) is 34.0 Å². The van der Waals surface area contributed by atoms with Crippen LogP contribution >= 0.6 is 0 Å². The highest BCUT2D eigenvalue weighted by atomic mass is 16.5. The van der Waals surface area contributed by atoms with E-state index in [-0.39, 0.29) is 39.8 Å². The van der Waals surface area contributed by atoms with E-state index in [0.717, 1.165) is 22.9 Å². The second kappa shape index (κ2) is 14.0. The molecule has 0 saturated heterocycles. The summed E-state index contributed by atoms with van der Waals surface area (Å²) in [5.74, 6) is 1.93. The van der Waals surface area contributed by atoms with Crippen molar-refractivity contribution in [1.29, 1.82) is 0 Å². The average molecular weight is 865 g/mol. The van der Waals surface area contributed by atoms with E-state index >= 15 is 0 Å². The lowest BCUT2D eigenvalue weighted by Crippen LogP contribution is -2.62. The first kappa shape index (κ1) is 42.6. The Bertz CT molecular complexity index is 3130. The first-order valence-corrected chi connectivity index (χ1v) is 24.2. The molecule has 7 aromatic rings. The van der Waals surface area contributed by atoms with Gasteiger partial charge in [-0.2, -0.15) is 0 Å². The maximum atomic E-state index is 7.24. The predicted octanol–water partition coefficient (Wildman–Crippen LogP) is 15.5. The van der Waals surface area contributed by atoms with Crippen LogP contribution in [0.5, 0.6) is 11.5 Å². The smallest absolute Gasteiger partial charge is 0.333 e. The Labute approximate surface area is 395 Å². The number of nitrogens with zero attached hydrogens (tertiary/aromatic N) is 2. The van der Waals surface area contributed by atoms with Crippen LogP contribution in [0.4, 0.5) is 28.4 Å². The maximum Gasteiger partial charge on any atom is 0.333 e. The molecule has 0 saturated carbocycles. The molecule has 0 bridgehead atoms. The number of ether oxygens (including phenoxy) is 1. The Morgan fingerprint density at radius 1 is 0.500 bits per heavy atom. The van der Waals surface area contributed by atoms with Crippen molar-refractivity contribution < 1.29 is 4.74 Å². The average Bonchev–Trinajstić information content (AvgIpc) is 3.25. The first-order chi connectivity index (χ1) is 31.0. The lowest BCUT2D eigenvalue weighted by Gasteiger charge is -2.51. The van der Waals surface area contributed by atoms with E-state index in [1.807, 2.05) is 0 Å². The molecule has 1 unspecified atom stereocenters. The number of rotatable bonds is 2. The molecule has 1 atom stereocenters. The quantitative estimate of drug-likeness (QED) is 0.161. The van der Waals surface area contributed by atoms with Crippen LogP contribution in [0.25, 0.3) is 11.1 Å². The van der Waals surface area contributed by atoms with Gasteiger partial charge in [0.15, 0.2) is 5.75 Å². The van der Waals surface area contributed by atoms with Crippen LogP contribution in [0.2, 0.25) is 0 Å². The zero-order chi connectivity index (χ0) is 46.6. The van der Waals surface area contributed by atoms with E-state index in [9.17, 15) is 0 Å². The molecular formula is C62H65BN2O. The van der Waals surface area contributed by atoms with Gasteiger partial charge in [-0.05, 0) is 131 Å². The summed E-state index contributed by atoms with van der Waals surface area (Å²) in [6.45, 7) is 32.7. The Morgan fingerprint density at radius 2 is 1.09 bits per heavy atom. The van der Waals surface area contributed by atoms with E-state index in [1.54, 1.807) is 0 Å². The van der Waals surface area contributed by atoms with Crippen LogP contribution in [0.3, 0.4) is 0 Å². The van der Waals surface area contributed by atoms with Crippen LogP contribution < -0.4 is 25.4 Å². The molecule has 1 aliphatic carbocycles. The van der Waals surface area contributed by atoms with Crippen molar-refractivity contribution in [2.24, 2.45) is 0 Å². The topological polar surface area (TPSA) is 15.7 Å². The Morgan fingerprint density at radius 3 is 1.76 bits per heavy atom. The van der Waals surface area contributed by atoms with Crippen molar-refractivity contribution in [3.05, 3.63) is 184 Å². The summed E-state index contributed by atoms with van der Waals surface area (Å²) < 4.78 is 7.24. The van der Waals surface area contributed by atoms with Gasteiger partial charge in [0.25, 0.3) is 0 Å². The summed E-state index contributed by atoms with van der Waals surface area (Å²) in [6, 6.07) is 51.8. The number of hydrogen-bond donors (Lipinski definition) is 0. The van der Waals surface area contributed by atoms with Crippen molar-refractivity contribution >= 4 is 46.2 Å². The maximum absolute atomic E-state index is 7.24. The summed E-state index contributed by atoms with van der Waals surface area (Å²) in [7, 11) is 0. The molecule has 66 heavy (non-hydrogen) atoms. The molecule has 332 valence electrons. The zero-order valence-electron chi connectivity index (χ0n) is 41.7. The van der Waals surface area contributed by atoms with Crippen molar-refractivity contribution in [2.75, 3.05) is 9.71 Å². The van der Waals surface area contributed by atoms with Gasteiger partial charge < -0.3 is 14.4 Å². The van der Waals surface area contributed by atoms with Crippen molar-refractivity contribution in [3.8, 4) is 22.6 Å². The molecule has 3 heterocycles. The predicted molar refractivity (Wildman–Crippen MR) is 281 cm³/mol. The minimum Gasteiger partial charge on any atom is -0.453 e. The SMILES string of the molecule is CC(C)(C)c1ccc(N2c3cc(C(C)(C)C)cc4c3B(c3ccc5c(c32)C(C)(C)c2ccccc2C5c2ccccc2)N2c3ccc(C(C)(C)C)cc3Oc3cc(C(C)(C)C)cc-4c32)cc1. The molecule has 0 amide bonds. The van der Waals surface area contributed by atoms with Crippen molar-refractivity contribution in [2.45, 2.75) is 130 Å². The van der Waals surface area contributed by atoms with Gasteiger partial charge >= 0.3 is 6.85 Å². The summed E-state index contributed by atoms with van der Waals surface area (Å²) in [5.41, 5.74) is 22.7. The summed E-state index contributed by atoms with van der Waals surface area (Å²) in [4.78, 5) is 5.36. The molecular weight excluding hydrogens is 800 g/mol. The summed E-state index contributed by atoms with van der Waals surface area (Å²) >= 11 is 0. The zero-order valence-corrected chi connectivity index (χ0v) is 41.7. The Balaban J connectivity index is 1.31. The molecule has 0 aromatic heterocycles. The lowest BCUT2D eigenvalue weighted by atomic mass is 9.42. The molecule has 11 rings (SSSR count). The van der Waals surface area contributed by atoms with E-state index < -0.39 is 0 Å². The molecule has 7 aromatic carbocycles. The van der Waals surface area contributed by atoms with Crippen LogP contribution in [0.1, 0.15) is 153 Å². The van der Waals surface area contributed by atoms with E-state index in [1.165, 1.54) is 89.2 Å². The fourth-order valence-corrected chi connectivity index (χ4v) is 11.6. The third-order valence-electron chi connectivity index (χ3n) is 15.3. The van der Waals surface area contributed by atoms with E-state index in [2.05, 4.69) is 240 Å². The van der Waals surface area contributed by atoms with Crippen molar-refractivity contribution in [3.63, 3.8) is 0 Å². The number of fused-ring (bicyclic) bond motifs is 9. The molecule has 0 radical (unpaired) electrons. The molecule has 0 fully saturated rings. The van der Waals surface area contributed by atoms with Crippen molar-refractivity contribution in [1.82, 2.24) is 0 Å². The second-order valence-corrected chi connectivity index (χ2v) is 24.3. The summed E-state index contributed by atoms with van der Waals surface area (Å²) in [6.07, 6.45) is 0. The monoisotopic (exact) mass is 865 g/mol. The highest BCUT2D eigenvalue weighted by Crippen LogP contribution is 2.60. The minimum absolute atomic E-state index is 0.0191. The highest BCUT2D eigenvalue weighted by molar-refractivity contribution is 6.94. The molecule has 4 aliphatic rings. The van der Waals surface area contributed by atoms with Crippen LogP contribution in [-0.2, 0) is 27.1 Å². The third-order valence-corrected chi connectivity index (χ3v) is 15.3. The molecule has 4 heteroatoms. The standard InChI is InChI=1S/C62H65BN2O/c1-58(2,3)38-24-27-42(28-25-38)64-50-34-40(60(7,8)9)32-45-46-33-41(61(10,11)12)36-52-56(46)65(49-31-26-39(59(4,5)6)35-51(49)66-52)63(55(45)50)48-30-29-44-53(37-20-16-15-17-21-37)43-22-18-19-23-47(43)62(13,14)54(44)57(48)64/h15-36,53H,1-14H3. The van der Waals surface area contributed by atoms with Gasteiger partial charge in [-0.1, -0.05) is 188 Å². The fraction of sp³-hybridized carbons (Fsp3) is 0.323. The highest BCUT2D eigenvalue weighted by Gasteiger charge is 2.52. The van der Waals surface area contributed by atoms with Gasteiger partial charge in [0.1, 0.15) is 5.75 Å². The molecule has 0 spiro atoms. The largest absolute Gasteiger partial charge is 0.453 e. The molecule has 3 nitrogen and oxygen atoms in total. The van der Waals surface area contributed by atoms with Crippen LogP contribution in [0, 0.1) is 0 Å². The minimum atomic E-state index is -0.335. The van der Waals surface area contributed by atoms with Gasteiger partial charge in [-0.15, -0.1) is 0 Å². The Kier molecular flexibility index (Phi) is 9.05. The van der Waals surface area contributed by atoms with Gasteiger partial charge in [0.2, 0.25) is 0 Å². The second-order valence-electron chi connectivity index (χ2n) is 24.3. The van der Waals surface area contributed by atoms with Crippen LogP contribution in [-0.4, -0.2) is 6.85 Å². The fourth-order valence-electron chi connectivity index (χ4n) is 11.6.